The summed E-state index contributed by atoms with van der Waals surface area (Å²) in [7, 11) is 0. The van der Waals surface area contributed by atoms with Crippen molar-refractivity contribution >= 4 is 23.4 Å². The molecule has 0 bridgehead atoms. The first-order valence-electron chi connectivity index (χ1n) is 6.99. The molecule has 2 rings (SSSR count). The van der Waals surface area contributed by atoms with Crippen molar-refractivity contribution < 1.29 is 19.4 Å². The molecule has 1 aromatic carbocycles. The first kappa shape index (κ1) is 17.0. The minimum absolute atomic E-state index is 0.233. The summed E-state index contributed by atoms with van der Waals surface area (Å²) < 4.78 is 5.16. The van der Waals surface area contributed by atoms with E-state index in [1.807, 2.05) is 5.38 Å². The first-order valence-corrected chi connectivity index (χ1v) is 7.87. The second kappa shape index (κ2) is 6.78. The third kappa shape index (κ3) is 5.07. The lowest BCUT2D eigenvalue weighted by Gasteiger charge is -2.19. The monoisotopic (exact) mass is 334 g/mol. The average Bonchev–Trinajstić information content (AvgIpc) is 2.92. The van der Waals surface area contributed by atoms with Gasteiger partial charge in [0, 0.05) is 10.9 Å². The van der Waals surface area contributed by atoms with Crippen LogP contribution in [0, 0.1) is 0 Å². The van der Waals surface area contributed by atoms with Crippen molar-refractivity contribution in [1.29, 1.82) is 0 Å². The van der Waals surface area contributed by atoms with Crippen molar-refractivity contribution in [1.82, 2.24) is 10.3 Å². The van der Waals surface area contributed by atoms with Crippen LogP contribution < -0.4 is 5.32 Å². The normalized spacial score (nSPS) is 11.1. The fraction of sp³-hybridized carbons (Fsp3) is 0.312. The van der Waals surface area contributed by atoms with Crippen molar-refractivity contribution in [2.45, 2.75) is 32.9 Å². The summed E-state index contributed by atoms with van der Waals surface area (Å²) in [5.74, 6) is -0.960. The Kier molecular flexibility index (Phi) is 5.00. The van der Waals surface area contributed by atoms with Crippen LogP contribution in [0.2, 0.25) is 0 Å². The number of alkyl carbamates (subject to hydrolysis) is 1. The highest BCUT2D eigenvalue weighted by Gasteiger charge is 2.16. The SMILES string of the molecule is CC(C)(C)OC(=O)NCc1csc(-c2ccc(C(=O)O)cc2)n1. The van der Waals surface area contributed by atoms with E-state index in [4.69, 9.17) is 9.84 Å². The fourth-order valence-corrected chi connectivity index (χ4v) is 2.58. The van der Waals surface area contributed by atoms with Crippen molar-refractivity contribution in [3.63, 3.8) is 0 Å². The molecule has 0 spiro atoms. The van der Waals surface area contributed by atoms with Gasteiger partial charge in [0.2, 0.25) is 0 Å². The Morgan fingerprint density at radius 2 is 1.91 bits per heavy atom. The summed E-state index contributed by atoms with van der Waals surface area (Å²) in [4.78, 5) is 26.9. The summed E-state index contributed by atoms with van der Waals surface area (Å²) in [5.41, 5.74) is 1.25. The maximum Gasteiger partial charge on any atom is 0.407 e. The maximum absolute atomic E-state index is 11.6. The van der Waals surface area contributed by atoms with Gasteiger partial charge in [0.1, 0.15) is 10.6 Å². The second-order valence-electron chi connectivity index (χ2n) is 5.88. The van der Waals surface area contributed by atoms with E-state index in [0.717, 1.165) is 16.3 Å². The molecule has 7 heteroatoms. The standard InChI is InChI=1S/C16H18N2O4S/c1-16(2,3)22-15(21)17-8-12-9-23-13(18-12)10-4-6-11(7-5-10)14(19)20/h4-7,9H,8H2,1-3H3,(H,17,21)(H,19,20). The Labute approximate surface area is 138 Å². The molecule has 0 saturated heterocycles. The summed E-state index contributed by atoms with van der Waals surface area (Å²) in [6.07, 6.45) is -0.488. The Hall–Kier alpha value is -2.41. The average molecular weight is 334 g/mol. The van der Waals surface area contributed by atoms with Gasteiger partial charge in [0.15, 0.2) is 0 Å². The van der Waals surface area contributed by atoms with E-state index < -0.39 is 17.7 Å². The van der Waals surface area contributed by atoms with Gasteiger partial charge < -0.3 is 15.2 Å². The molecule has 1 aromatic heterocycles. The molecule has 0 aliphatic rings. The fourth-order valence-electron chi connectivity index (χ4n) is 1.75. The zero-order chi connectivity index (χ0) is 17.0. The molecule has 0 atom stereocenters. The molecular weight excluding hydrogens is 316 g/mol. The number of carbonyl (C=O) groups excluding carboxylic acids is 1. The van der Waals surface area contributed by atoms with Gasteiger partial charge in [-0.25, -0.2) is 14.6 Å². The molecule has 6 nitrogen and oxygen atoms in total. The van der Waals surface area contributed by atoms with E-state index in [-0.39, 0.29) is 12.1 Å². The van der Waals surface area contributed by atoms with Gasteiger partial charge in [0.05, 0.1) is 17.8 Å². The number of aromatic carboxylic acids is 1. The zero-order valence-corrected chi connectivity index (χ0v) is 13.9. The number of carboxylic acids is 1. The maximum atomic E-state index is 11.6. The molecule has 0 aliphatic heterocycles. The molecule has 2 N–H and O–H groups in total. The minimum atomic E-state index is -0.960. The van der Waals surface area contributed by atoms with Gasteiger partial charge in [-0.2, -0.15) is 0 Å². The molecule has 1 heterocycles. The van der Waals surface area contributed by atoms with E-state index in [1.54, 1.807) is 32.9 Å². The minimum Gasteiger partial charge on any atom is -0.478 e. The number of benzene rings is 1. The van der Waals surface area contributed by atoms with Crippen LogP contribution >= 0.6 is 11.3 Å². The van der Waals surface area contributed by atoms with Crippen LogP contribution in [-0.4, -0.2) is 27.8 Å². The van der Waals surface area contributed by atoms with Crippen molar-refractivity contribution in [2.24, 2.45) is 0 Å². The van der Waals surface area contributed by atoms with Crippen LogP contribution in [0.4, 0.5) is 4.79 Å². The number of thiazole rings is 1. The molecule has 0 radical (unpaired) electrons. The molecule has 0 unspecified atom stereocenters. The number of hydrogen-bond donors (Lipinski definition) is 2. The first-order chi connectivity index (χ1) is 10.7. The molecule has 0 aliphatic carbocycles. The summed E-state index contributed by atoms with van der Waals surface area (Å²) >= 11 is 1.43. The lowest BCUT2D eigenvalue weighted by molar-refractivity contribution is 0.0522. The number of nitrogens with zero attached hydrogens (tertiary/aromatic N) is 1. The lowest BCUT2D eigenvalue weighted by atomic mass is 10.1. The van der Waals surface area contributed by atoms with Gasteiger partial charge >= 0.3 is 12.1 Å². The van der Waals surface area contributed by atoms with Gasteiger partial charge in [-0.15, -0.1) is 11.3 Å². The van der Waals surface area contributed by atoms with Crippen LogP contribution in [0.1, 0.15) is 36.8 Å². The van der Waals surface area contributed by atoms with Crippen molar-refractivity contribution in [3.8, 4) is 10.6 Å². The number of aromatic nitrogens is 1. The van der Waals surface area contributed by atoms with Crippen LogP contribution in [-0.2, 0) is 11.3 Å². The van der Waals surface area contributed by atoms with Gasteiger partial charge in [0.25, 0.3) is 0 Å². The highest BCUT2D eigenvalue weighted by atomic mass is 32.1. The molecule has 122 valence electrons. The number of nitrogens with one attached hydrogen (secondary N) is 1. The number of rotatable bonds is 4. The molecule has 2 aromatic rings. The number of hydrogen-bond acceptors (Lipinski definition) is 5. The highest BCUT2D eigenvalue weighted by Crippen LogP contribution is 2.24. The van der Waals surface area contributed by atoms with Crippen LogP contribution in [0.5, 0.6) is 0 Å². The van der Waals surface area contributed by atoms with Crippen LogP contribution in [0.15, 0.2) is 29.6 Å². The lowest BCUT2D eigenvalue weighted by Crippen LogP contribution is -2.32. The zero-order valence-electron chi connectivity index (χ0n) is 13.1. The number of amides is 1. The van der Waals surface area contributed by atoms with E-state index in [0.29, 0.717) is 0 Å². The van der Waals surface area contributed by atoms with Gasteiger partial charge in [-0.3, -0.25) is 0 Å². The number of carboxylic acid groups (broad SMARTS) is 1. The van der Waals surface area contributed by atoms with E-state index in [9.17, 15) is 9.59 Å². The summed E-state index contributed by atoms with van der Waals surface area (Å²) in [6, 6.07) is 6.51. The molecule has 1 amide bonds. The largest absolute Gasteiger partial charge is 0.478 e. The van der Waals surface area contributed by atoms with Crippen LogP contribution in [0.25, 0.3) is 10.6 Å². The molecule has 0 saturated carbocycles. The van der Waals surface area contributed by atoms with E-state index in [2.05, 4.69) is 10.3 Å². The Morgan fingerprint density at radius 3 is 2.48 bits per heavy atom. The van der Waals surface area contributed by atoms with Crippen molar-refractivity contribution in [3.05, 3.63) is 40.9 Å². The predicted molar refractivity (Wildman–Crippen MR) is 87.6 cm³/mol. The third-order valence-electron chi connectivity index (χ3n) is 2.74. The Balaban J connectivity index is 1.98. The molecular formula is C16H18N2O4S. The molecule has 23 heavy (non-hydrogen) atoms. The highest BCUT2D eigenvalue weighted by molar-refractivity contribution is 7.13. The van der Waals surface area contributed by atoms with E-state index >= 15 is 0 Å². The quantitative estimate of drug-likeness (QED) is 0.893. The smallest absolute Gasteiger partial charge is 0.407 e. The Bertz CT molecular complexity index is 702. The van der Waals surface area contributed by atoms with E-state index in [1.165, 1.54) is 23.5 Å². The second-order valence-corrected chi connectivity index (χ2v) is 6.74. The Morgan fingerprint density at radius 1 is 1.26 bits per heavy atom. The topological polar surface area (TPSA) is 88.5 Å². The third-order valence-corrected chi connectivity index (χ3v) is 3.68. The predicted octanol–water partition coefficient (Wildman–Crippen LogP) is 3.53. The molecule has 0 fully saturated rings. The van der Waals surface area contributed by atoms with Crippen molar-refractivity contribution in [2.75, 3.05) is 0 Å². The summed E-state index contributed by atoms with van der Waals surface area (Å²) in [5, 5.41) is 14.1. The van der Waals surface area contributed by atoms with Gasteiger partial charge in [-0.05, 0) is 32.9 Å². The number of carbonyl (C=O) groups is 2. The summed E-state index contributed by atoms with van der Waals surface area (Å²) in [6.45, 7) is 5.68. The number of ether oxygens (including phenoxy) is 1. The van der Waals surface area contributed by atoms with Crippen LogP contribution in [0.3, 0.4) is 0 Å². The van der Waals surface area contributed by atoms with Gasteiger partial charge in [-0.1, -0.05) is 12.1 Å².